The van der Waals surface area contributed by atoms with E-state index in [1.807, 2.05) is 0 Å². The third kappa shape index (κ3) is 4.71. The number of carbonyl (C=O) groups is 1. The lowest BCUT2D eigenvalue weighted by atomic mass is 10.3. The Labute approximate surface area is 125 Å². The van der Waals surface area contributed by atoms with Crippen molar-refractivity contribution >= 4 is 34.9 Å². The number of nitrogens with one attached hydrogen (secondary N) is 3. The van der Waals surface area contributed by atoms with Gasteiger partial charge >= 0.3 is 6.03 Å². The maximum Gasteiger partial charge on any atom is 0.319 e. The van der Waals surface area contributed by atoms with E-state index in [0.29, 0.717) is 22.3 Å². The summed E-state index contributed by atoms with van der Waals surface area (Å²) in [6.45, 7) is 0.529. The molecular weight excluding hydrogens is 301 g/mol. The summed E-state index contributed by atoms with van der Waals surface area (Å²) in [6, 6.07) is 4.55. The van der Waals surface area contributed by atoms with Crippen molar-refractivity contribution in [2.24, 2.45) is 0 Å². The second-order valence-corrected chi connectivity index (χ2v) is 4.95. The molecule has 0 aliphatic carbocycles. The van der Waals surface area contributed by atoms with Crippen molar-refractivity contribution in [3.8, 4) is 0 Å². The van der Waals surface area contributed by atoms with E-state index in [2.05, 4.69) is 25.8 Å². The zero-order chi connectivity index (χ0) is 14.4. The Morgan fingerprint density at radius 1 is 1.25 bits per heavy atom. The van der Waals surface area contributed by atoms with E-state index in [1.165, 1.54) is 6.33 Å². The molecule has 0 bridgehead atoms. The number of halogens is 2. The number of aryl methyl sites for hydroxylation is 1. The predicted molar refractivity (Wildman–Crippen MR) is 78.2 cm³/mol. The van der Waals surface area contributed by atoms with Crippen LogP contribution in [0.15, 0.2) is 24.5 Å². The summed E-state index contributed by atoms with van der Waals surface area (Å²) >= 11 is 11.7. The molecule has 0 aliphatic rings. The van der Waals surface area contributed by atoms with Gasteiger partial charge in [-0.2, -0.15) is 5.10 Å². The molecule has 0 saturated heterocycles. The minimum Gasteiger partial charge on any atom is -0.338 e. The topological polar surface area (TPSA) is 82.7 Å². The van der Waals surface area contributed by atoms with Crippen molar-refractivity contribution in [1.82, 2.24) is 20.5 Å². The molecule has 0 spiro atoms. The molecule has 0 atom stereocenters. The Morgan fingerprint density at radius 3 is 2.65 bits per heavy atom. The average molecular weight is 314 g/mol. The van der Waals surface area contributed by atoms with Gasteiger partial charge in [-0.15, -0.1) is 0 Å². The first-order valence-corrected chi connectivity index (χ1v) is 6.74. The Bertz CT molecular complexity index is 553. The molecule has 0 saturated carbocycles. The zero-order valence-corrected chi connectivity index (χ0v) is 12.0. The van der Waals surface area contributed by atoms with Crippen LogP contribution in [0.2, 0.25) is 10.0 Å². The van der Waals surface area contributed by atoms with E-state index in [4.69, 9.17) is 23.2 Å². The first-order chi connectivity index (χ1) is 9.63. The summed E-state index contributed by atoms with van der Waals surface area (Å²) < 4.78 is 0. The van der Waals surface area contributed by atoms with E-state index in [1.54, 1.807) is 18.2 Å². The third-order valence-corrected chi connectivity index (χ3v) is 2.90. The largest absolute Gasteiger partial charge is 0.338 e. The van der Waals surface area contributed by atoms with Gasteiger partial charge in [0.25, 0.3) is 0 Å². The maximum atomic E-state index is 11.7. The summed E-state index contributed by atoms with van der Waals surface area (Å²) in [4.78, 5) is 15.6. The van der Waals surface area contributed by atoms with Gasteiger partial charge in [0.2, 0.25) is 0 Å². The van der Waals surface area contributed by atoms with Crippen LogP contribution in [0, 0.1) is 0 Å². The lowest BCUT2D eigenvalue weighted by Gasteiger charge is -2.08. The zero-order valence-electron chi connectivity index (χ0n) is 10.5. The van der Waals surface area contributed by atoms with Crippen LogP contribution in [-0.2, 0) is 6.42 Å². The van der Waals surface area contributed by atoms with Crippen LogP contribution in [-0.4, -0.2) is 27.8 Å². The number of hydrogen-bond acceptors (Lipinski definition) is 3. The number of benzene rings is 1. The lowest BCUT2D eigenvalue weighted by Crippen LogP contribution is -2.29. The second kappa shape index (κ2) is 7.12. The number of amides is 2. The quantitative estimate of drug-likeness (QED) is 0.742. The highest BCUT2D eigenvalue weighted by molar-refractivity contribution is 6.35. The summed E-state index contributed by atoms with van der Waals surface area (Å²) in [5.41, 5.74) is 0.551. The molecule has 0 aliphatic heterocycles. The minimum absolute atomic E-state index is 0.305. The minimum atomic E-state index is -0.305. The Hall–Kier alpha value is -1.79. The number of carbonyl (C=O) groups excluding carboxylic acids is 1. The molecular formula is C12H13Cl2N5O. The highest BCUT2D eigenvalue weighted by atomic mass is 35.5. The Kier molecular flexibility index (Phi) is 5.20. The highest BCUT2D eigenvalue weighted by Gasteiger charge is 2.03. The van der Waals surface area contributed by atoms with E-state index < -0.39 is 0 Å². The van der Waals surface area contributed by atoms with Gasteiger partial charge in [-0.05, 0) is 24.6 Å². The smallest absolute Gasteiger partial charge is 0.319 e. The number of anilines is 1. The van der Waals surface area contributed by atoms with Crippen molar-refractivity contribution in [2.45, 2.75) is 12.8 Å². The van der Waals surface area contributed by atoms with Crippen molar-refractivity contribution in [1.29, 1.82) is 0 Å². The van der Waals surface area contributed by atoms with E-state index in [0.717, 1.165) is 18.7 Å². The van der Waals surface area contributed by atoms with Gasteiger partial charge < -0.3 is 10.6 Å². The normalized spacial score (nSPS) is 10.3. The molecule has 106 valence electrons. The van der Waals surface area contributed by atoms with Crippen LogP contribution in [0.25, 0.3) is 0 Å². The van der Waals surface area contributed by atoms with Gasteiger partial charge in [-0.25, -0.2) is 9.78 Å². The SMILES string of the molecule is O=C(NCCCc1ncn[nH]1)Nc1cc(Cl)cc(Cl)c1. The summed E-state index contributed by atoms with van der Waals surface area (Å²) in [5.74, 6) is 0.800. The second-order valence-electron chi connectivity index (χ2n) is 4.07. The molecule has 0 unspecified atom stereocenters. The number of nitrogens with zero attached hydrogens (tertiary/aromatic N) is 2. The molecule has 2 aromatic rings. The van der Waals surface area contributed by atoms with Crippen LogP contribution in [0.1, 0.15) is 12.2 Å². The van der Waals surface area contributed by atoms with E-state index in [-0.39, 0.29) is 6.03 Å². The van der Waals surface area contributed by atoms with Gasteiger partial charge in [0, 0.05) is 28.7 Å². The van der Waals surface area contributed by atoms with Crippen molar-refractivity contribution in [2.75, 3.05) is 11.9 Å². The molecule has 20 heavy (non-hydrogen) atoms. The van der Waals surface area contributed by atoms with Crippen LogP contribution >= 0.6 is 23.2 Å². The number of H-pyrrole nitrogens is 1. The van der Waals surface area contributed by atoms with Gasteiger partial charge in [0.1, 0.15) is 12.2 Å². The van der Waals surface area contributed by atoms with Gasteiger partial charge in [0.05, 0.1) is 0 Å². The molecule has 2 rings (SSSR count). The van der Waals surface area contributed by atoms with E-state index in [9.17, 15) is 4.79 Å². The first-order valence-electron chi connectivity index (χ1n) is 5.98. The van der Waals surface area contributed by atoms with Gasteiger partial charge in [-0.3, -0.25) is 5.10 Å². The van der Waals surface area contributed by atoms with Gasteiger partial charge in [0.15, 0.2) is 0 Å². The molecule has 0 fully saturated rings. The molecule has 3 N–H and O–H groups in total. The molecule has 6 nitrogen and oxygen atoms in total. The molecule has 8 heteroatoms. The fourth-order valence-electron chi connectivity index (χ4n) is 1.61. The number of rotatable bonds is 5. The Morgan fingerprint density at radius 2 is 2.00 bits per heavy atom. The van der Waals surface area contributed by atoms with Crippen LogP contribution in [0.5, 0.6) is 0 Å². The van der Waals surface area contributed by atoms with Crippen molar-refractivity contribution in [3.05, 3.63) is 40.4 Å². The van der Waals surface area contributed by atoms with E-state index >= 15 is 0 Å². The van der Waals surface area contributed by atoms with Crippen LogP contribution in [0.3, 0.4) is 0 Å². The fraction of sp³-hybridized carbons (Fsp3) is 0.250. The summed E-state index contributed by atoms with van der Waals surface area (Å²) in [7, 11) is 0. The van der Waals surface area contributed by atoms with Crippen LogP contribution in [0.4, 0.5) is 10.5 Å². The monoisotopic (exact) mass is 313 g/mol. The predicted octanol–water partition coefficient (Wildman–Crippen LogP) is 2.87. The average Bonchev–Trinajstić information content (AvgIpc) is 2.86. The first kappa shape index (κ1) is 14.6. The number of aromatic amines is 1. The molecule has 1 heterocycles. The number of aromatic nitrogens is 3. The molecule has 1 aromatic heterocycles. The number of urea groups is 1. The highest BCUT2D eigenvalue weighted by Crippen LogP contribution is 2.22. The van der Waals surface area contributed by atoms with Crippen molar-refractivity contribution in [3.63, 3.8) is 0 Å². The van der Waals surface area contributed by atoms with Crippen LogP contribution < -0.4 is 10.6 Å². The molecule has 2 amide bonds. The maximum absolute atomic E-state index is 11.7. The summed E-state index contributed by atoms with van der Waals surface area (Å²) in [6.07, 6.45) is 2.94. The Balaban J connectivity index is 1.72. The third-order valence-electron chi connectivity index (χ3n) is 2.46. The lowest BCUT2D eigenvalue weighted by molar-refractivity contribution is 0.252. The van der Waals surface area contributed by atoms with Crippen molar-refractivity contribution < 1.29 is 4.79 Å². The number of hydrogen-bond donors (Lipinski definition) is 3. The standard InChI is InChI=1S/C12H13Cl2N5O/c13-8-4-9(14)6-10(5-8)18-12(20)15-3-1-2-11-16-7-17-19-11/h4-7H,1-3H2,(H2,15,18,20)(H,16,17,19). The van der Waals surface area contributed by atoms with Gasteiger partial charge in [-0.1, -0.05) is 23.2 Å². The summed E-state index contributed by atoms with van der Waals surface area (Å²) in [5, 5.41) is 12.8. The molecule has 0 radical (unpaired) electrons. The fourth-order valence-corrected chi connectivity index (χ4v) is 2.14. The molecule has 1 aromatic carbocycles.